The Morgan fingerprint density at radius 1 is 1.26 bits per heavy atom. The predicted octanol–water partition coefficient (Wildman–Crippen LogP) is 1.96. The first kappa shape index (κ1) is 15.4. The zero-order valence-corrected chi connectivity index (χ0v) is 13.8. The van der Waals surface area contributed by atoms with Crippen molar-refractivity contribution in [2.75, 3.05) is 6.61 Å². The van der Waals surface area contributed by atoms with E-state index in [1.807, 2.05) is 38.1 Å². The molecule has 8 heteroatoms. The molecule has 23 heavy (non-hydrogen) atoms. The van der Waals surface area contributed by atoms with Crippen LogP contribution in [0, 0.1) is 4.77 Å². The minimum atomic E-state index is -0.150. The van der Waals surface area contributed by atoms with Gasteiger partial charge in [-0.25, -0.2) is 5.10 Å². The molecule has 7 nitrogen and oxygen atoms in total. The van der Waals surface area contributed by atoms with Gasteiger partial charge in [-0.05, 0) is 43.8 Å². The third-order valence-corrected chi connectivity index (χ3v) is 3.77. The second kappa shape index (κ2) is 6.33. The van der Waals surface area contributed by atoms with E-state index >= 15 is 0 Å². The molecule has 0 amide bonds. The number of aromatic amines is 1. The van der Waals surface area contributed by atoms with E-state index in [9.17, 15) is 4.79 Å². The van der Waals surface area contributed by atoms with E-state index in [-0.39, 0.29) is 5.56 Å². The lowest BCUT2D eigenvalue weighted by Crippen LogP contribution is -2.28. The number of aromatic nitrogens is 5. The van der Waals surface area contributed by atoms with Crippen molar-refractivity contribution in [3.8, 4) is 5.75 Å². The number of rotatable bonds is 5. The Hall–Kier alpha value is -2.48. The number of ether oxygens (including phenoxy) is 1. The lowest BCUT2D eigenvalue weighted by Gasteiger charge is -2.08. The van der Waals surface area contributed by atoms with E-state index in [2.05, 4.69) is 15.3 Å². The Morgan fingerprint density at radius 2 is 2.00 bits per heavy atom. The van der Waals surface area contributed by atoms with Gasteiger partial charge in [0.2, 0.25) is 4.77 Å². The summed E-state index contributed by atoms with van der Waals surface area (Å²) in [6.45, 7) is 4.95. The second-order valence-electron chi connectivity index (χ2n) is 4.99. The summed E-state index contributed by atoms with van der Waals surface area (Å²) in [6, 6.07) is 7.64. The van der Waals surface area contributed by atoms with Crippen LogP contribution in [0.1, 0.15) is 25.1 Å². The first-order valence-corrected chi connectivity index (χ1v) is 7.83. The molecule has 0 aliphatic heterocycles. The number of hydrogen-bond donors (Lipinski definition) is 1. The molecule has 0 radical (unpaired) electrons. The second-order valence-corrected chi connectivity index (χ2v) is 5.38. The molecule has 0 saturated carbocycles. The predicted molar refractivity (Wildman–Crippen MR) is 88.5 cm³/mol. The molecular formula is C15H17N5O2S. The largest absolute Gasteiger partial charge is 0.494 e. The van der Waals surface area contributed by atoms with Crippen molar-refractivity contribution in [3.05, 3.63) is 50.6 Å². The zero-order valence-electron chi connectivity index (χ0n) is 12.9. The molecule has 0 unspecified atom stereocenters. The molecular weight excluding hydrogens is 314 g/mol. The van der Waals surface area contributed by atoms with Gasteiger partial charge < -0.3 is 4.74 Å². The fourth-order valence-corrected chi connectivity index (χ4v) is 2.59. The molecule has 0 atom stereocenters. The first-order chi connectivity index (χ1) is 11.1. The molecule has 0 spiro atoms. The third kappa shape index (κ3) is 2.89. The van der Waals surface area contributed by atoms with Gasteiger partial charge in [-0.1, -0.05) is 12.1 Å². The lowest BCUT2D eigenvalue weighted by atomic mass is 10.1. The molecule has 120 valence electrons. The van der Waals surface area contributed by atoms with Crippen LogP contribution in [0.15, 0.2) is 29.1 Å². The maximum Gasteiger partial charge on any atom is 0.277 e. The number of nitrogens with zero attached hydrogens (tertiary/aromatic N) is 4. The quantitative estimate of drug-likeness (QED) is 0.723. The highest BCUT2D eigenvalue weighted by Gasteiger charge is 2.13. The molecule has 0 aliphatic carbocycles. The van der Waals surface area contributed by atoms with Crippen LogP contribution in [0.2, 0.25) is 0 Å². The number of H-pyrrole nitrogens is 1. The van der Waals surface area contributed by atoms with Gasteiger partial charge in [0.05, 0.1) is 6.61 Å². The van der Waals surface area contributed by atoms with Crippen LogP contribution >= 0.6 is 12.2 Å². The zero-order chi connectivity index (χ0) is 16.4. The van der Waals surface area contributed by atoms with Crippen molar-refractivity contribution in [2.45, 2.75) is 26.8 Å². The van der Waals surface area contributed by atoms with Crippen molar-refractivity contribution in [3.63, 3.8) is 0 Å². The highest BCUT2D eigenvalue weighted by atomic mass is 32.1. The van der Waals surface area contributed by atoms with E-state index in [1.165, 1.54) is 4.52 Å². The number of aryl methyl sites for hydroxylation is 1. The van der Waals surface area contributed by atoms with Crippen LogP contribution in [0.25, 0.3) is 5.78 Å². The van der Waals surface area contributed by atoms with Gasteiger partial charge in [0.25, 0.3) is 11.3 Å². The summed E-state index contributed by atoms with van der Waals surface area (Å²) >= 11 is 5.16. The lowest BCUT2D eigenvalue weighted by molar-refractivity contribution is 0.340. The molecule has 0 saturated heterocycles. The maximum absolute atomic E-state index is 12.6. The van der Waals surface area contributed by atoms with E-state index in [0.717, 1.165) is 11.3 Å². The standard InChI is InChI=1S/C15H17N5O2S/c1-3-19-13(21)12(18-20-14(19)16-17-15(20)23)9-10-5-7-11(8-6-10)22-4-2/h5-8H,3-4,9H2,1-2H3,(H,17,23). The molecule has 1 N–H and O–H groups in total. The average Bonchev–Trinajstić information content (AvgIpc) is 2.91. The fraction of sp³-hybridized carbons (Fsp3) is 0.333. The minimum Gasteiger partial charge on any atom is -0.494 e. The topological polar surface area (TPSA) is 77.2 Å². The highest BCUT2D eigenvalue weighted by Crippen LogP contribution is 2.13. The van der Waals surface area contributed by atoms with Gasteiger partial charge in [0.15, 0.2) is 0 Å². The Balaban J connectivity index is 2.02. The molecule has 0 fully saturated rings. The van der Waals surface area contributed by atoms with Crippen LogP contribution in [0.4, 0.5) is 0 Å². The summed E-state index contributed by atoms with van der Waals surface area (Å²) < 4.78 is 8.84. The molecule has 0 bridgehead atoms. The van der Waals surface area contributed by atoms with Crippen molar-refractivity contribution in [1.82, 2.24) is 24.4 Å². The Kier molecular flexibility index (Phi) is 4.24. The van der Waals surface area contributed by atoms with Crippen molar-refractivity contribution in [2.24, 2.45) is 0 Å². The summed E-state index contributed by atoms with van der Waals surface area (Å²) in [6.07, 6.45) is 0.425. The third-order valence-electron chi connectivity index (χ3n) is 3.51. The normalized spacial score (nSPS) is 11.0. The Bertz CT molecular complexity index is 939. The molecule has 3 rings (SSSR count). The molecule has 3 aromatic rings. The SMILES string of the molecule is CCOc1ccc(Cc2nn3c(=S)[nH]nc3n(CC)c2=O)cc1. The van der Waals surface area contributed by atoms with Crippen LogP contribution in [0.3, 0.4) is 0 Å². The number of benzene rings is 1. The summed E-state index contributed by atoms with van der Waals surface area (Å²) in [7, 11) is 0. The van der Waals surface area contributed by atoms with E-state index in [1.54, 1.807) is 4.57 Å². The summed E-state index contributed by atoms with van der Waals surface area (Å²) in [5.41, 5.74) is 1.26. The van der Waals surface area contributed by atoms with Gasteiger partial charge in [-0.15, -0.1) is 5.10 Å². The Labute approximate surface area is 137 Å². The van der Waals surface area contributed by atoms with Gasteiger partial charge in [-0.2, -0.15) is 9.61 Å². The average molecular weight is 331 g/mol. The monoisotopic (exact) mass is 331 g/mol. The van der Waals surface area contributed by atoms with Crippen LogP contribution in [-0.4, -0.2) is 31.0 Å². The van der Waals surface area contributed by atoms with Crippen LogP contribution in [0.5, 0.6) is 5.75 Å². The summed E-state index contributed by atoms with van der Waals surface area (Å²) in [5, 5.41) is 11.1. The van der Waals surface area contributed by atoms with Gasteiger partial charge in [-0.3, -0.25) is 9.36 Å². The fourth-order valence-electron chi connectivity index (χ4n) is 2.42. The van der Waals surface area contributed by atoms with Crippen molar-refractivity contribution in [1.29, 1.82) is 0 Å². The smallest absolute Gasteiger partial charge is 0.277 e. The molecule has 0 aliphatic rings. The van der Waals surface area contributed by atoms with Crippen LogP contribution < -0.4 is 10.3 Å². The molecule has 2 aromatic heterocycles. The highest BCUT2D eigenvalue weighted by molar-refractivity contribution is 7.71. The van der Waals surface area contributed by atoms with Gasteiger partial charge >= 0.3 is 0 Å². The maximum atomic E-state index is 12.6. The van der Waals surface area contributed by atoms with Gasteiger partial charge in [0, 0.05) is 13.0 Å². The Morgan fingerprint density at radius 3 is 2.65 bits per heavy atom. The summed E-state index contributed by atoms with van der Waals surface area (Å²) in [5.74, 6) is 1.24. The van der Waals surface area contributed by atoms with E-state index in [4.69, 9.17) is 17.0 Å². The van der Waals surface area contributed by atoms with Crippen LogP contribution in [-0.2, 0) is 13.0 Å². The number of fused-ring (bicyclic) bond motifs is 1. The molecule has 2 heterocycles. The summed E-state index contributed by atoms with van der Waals surface area (Å²) in [4.78, 5) is 12.6. The van der Waals surface area contributed by atoms with Crippen molar-refractivity contribution >= 4 is 18.0 Å². The number of nitrogens with one attached hydrogen (secondary N) is 1. The van der Waals surface area contributed by atoms with Crippen molar-refractivity contribution < 1.29 is 4.74 Å². The minimum absolute atomic E-state index is 0.150. The van der Waals surface area contributed by atoms with Gasteiger partial charge in [0.1, 0.15) is 11.4 Å². The number of hydrogen-bond acceptors (Lipinski definition) is 5. The van der Waals surface area contributed by atoms with E-state index < -0.39 is 0 Å². The molecule has 1 aromatic carbocycles. The van der Waals surface area contributed by atoms with E-state index in [0.29, 0.717) is 35.8 Å². The first-order valence-electron chi connectivity index (χ1n) is 7.43.